The molecule has 1 aromatic carbocycles. The summed E-state index contributed by atoms with van der Waals surface area (Å²) in [5, 5.41) is 10.6. The van der Waals surface area contributed by atoms with E-state index in [0.29, 0.717) is 6.54 Å². The van der Waals surface area contributed by atoms with Crippen LogP contribution in [0.2, 0.25) is 0 Å². The van der Waals surface area contributed by atoms with E-state index in [0.717, 1.165) is 37.0 Å². The van der Waals surface area contributed by atoms with E-state index in [1.165, 1.54) is 0 Å². The van der Waals surface area contributed by atoms with Crippen molar-refractivity contribution >= 4 is 0 Å². The number of nitrogens with two attached hydrogens (primary N) is 1. The second kappa shape index (κ2) is 5.07. The van der Waals surface area contributed by atoms with Gasteiger partial charge < -0.3 is 15.6 Å². The minimum Gasteiger partial charge on any atom is -0.497 e. The third kappa shape index (κ3) is 2.31. The van der Waals surface area contributed by atoms with Crippen LogP contribution in [0, 0.1) is 5.41 Å². The fourth-order valence-electron chi connectivity index (χ4n) is 2.83. The molecule has 2 rings (SSSR count). The van der Waals surface area contributed by atoms with E-state index in [1.54, 1.807) is 7.11 Å². The van der Waals surface area contributed by atoms with Crippen LogP contribution < -0.4 is 10.5 Å². The molecule has 1 unspecified atom stereocenters. The number of benzene rings is 1. The first-order valence-corrected chi connectivity index (χ1v) is 6.24. The van der Waals surface area contributed by atoms with Crippen molar-refractivity contribution in [2.75, 3.05) is 13.7 Å². The summed E-state index contributed by atoms with van der Waals surface area (Å²) >= 11 is 0. The van der Waals surface area contributed by atoms with Crippen LogP contribution in [0.1, 0.15) is 37.4 Å². The van der Waals surface area contributed by atoms with Crippen LogP contribution in [0.5, 0.6) is 5.75 Å². The molecule has 1 aliphatic carbocycles. The predicted molar refractivity (Wildman–Crippen MR) is 67.9 cm³/mol. The van der Waals surface area contributed by atoms with Crippen molar-refractivity contribution in [2.24, 2.45) is 11.1 Å². The minimum atomic E-state index is -0.481. The summed E-state index contributed by atoms with van der Waals surface area (Å²) in [4.78, 5) is 0. The van der Waals surface area contributed by atoms with Crippen LogP contribution >= 0.6 is 0 Å². The lowest BCUT2D eigenvalue weighted by Crippen LogP contribution is -2.34. The maximum Gasteiger partial charge on any atom is 0.119 e. The summed E-state index contributed by atoms with van der Waals surface area (Å²) in [6.07, 6.45) is 3.88. The highest BCUT2D eigenvalue weighted by atomic mass is 16.5. The van der Waals surface area contributed by atoms with Crippen LogP contribution in [0.3, 0.4) is 0 Å². The van der Waals surface area contributed by atoms with E-state index in [1.807, 2.05) is 24.3 Å². The standard InChI is InChI=1S/C14H21NO2/c1-17-12-6-4-5-11(9-12)13(16)14(10-15)7-2-3-8-14/h4-6,9,13,16H,2-3,7-8,10,15H2,1H3. The number of aliphatic hydroxyl groups excluding tert-OH is 1. The van der Waals surface area contributed by atoms with E-state index < -0.39 is 6.10 Å². The Bertz CT molecular complexity index is 372. The summed E-state index contributed by atoms with van der Waals surface area (Å²) < 4.78 is 5.19. The second-order valence-corrected chi connectivity index (χ2v) is 4.95. The smallest absolute Gasteiger partial charge is 0.119 e. The van der Waals surface area contributed by atoms with Gasteiger partial charge in [-0.25, -0.2) is 0 Å². The number of methoxy groups -OCH3 is 1. The molecule has 0 aromatic heterocycles. The van der Waals surface area contributed by atoms with Crippen molar-refractivity contribution in [1.82, 2.24) is 0 Å². The SMILES string of the molecule is COc1cccc(C(O)C2(CN)CCCC2)c1. The fourth-order valence-corrected chi connectivity index (χ4v) is 2.83. The topological polar surface area (TPSA) is 55.5 Å². The Morgan fingerprint density at radius 3 is 2.71 bits per heavy atom. The number of hydrogen-bond acceptors (Lipinski definition) is 3. The van der Waals surface area contributed by atoms with Gasteiger partial charge in [0.25, 0.3) is 0 Å². The molecule has 3 heteroatoms. The first-order valence-electron chi connectivity index (χ1n) is 6.24. The molecule has 0 aliphatic heterocycles. The first kappa shape index (κ1) is 12.4. The molecule has 94 valence electrons. The van der Waals surface area contributed by atoms with Crippen LogP contribution in [0.4, 0.5) is 0 Å². The Balaban J connectivity index is 2.25. The predicted octanol–water partition coefficient (Wildman–Crippen LogP) is 2.25. The second-order valence-electron chi connectivity index (χ2n) is 4.95. The quantitative estimate of drug-likeness (QED) is 0.841. The average Bonchev–Trinajstić information content (AvgIpc) is 2.88. The van der Waals surface area contributed by atoms with Crippen LogP contribution in [-0.2, 0) is 0 Å². The molecule has 1 saturated carbocycles. The molecule has 0 radical (unpaired) electrons. The summed E-state index contributed by atoms with van der Waals surface area (Å²) in [7, 11) is 1.64. The Labute approximate surface area is 103 Å². The van der Waals surface area contributed by atoms with Crippen molar-refractivity contribution in [3.63, 3.8) is 0 Å². The summed E-state index contributed by atoms with van der Waals surface area (Å²) in [6, 6.07) is 7.65. The number of ether oxygens (including phenoxy) is 1. The maximum absolute atomic E-state index is 10.6. The zero-order chi connectivity index (χ0) is 12.3. The van der Waals surface area contributed by atoms with Crippen molar-refractivity contribution in [3.05, 3.63) is 29.8 Å². The van der Waals surface area contributed by atoms with Gasteiger partial charge in [0.15, 0.2) is 0 Å². The molecule has 3 nitrogen and oxygen atoms in total. The minimum absolute atomic E-state index is 0.133. The van der Waals surface area contributed by atoms with Gasteiger partial charge in [-0.3, -0.25) is 0 Å². The third-order valence-corrected chi connectivity index (χ3v) is 4.00. The molecule has 1 aromatic rings. The highest BCUT2D eigenvalue weighted by Crippen LogP contribution is 2.47. The van der Waals surface area contributed by atoms with E-state index in [2.05, 4.69) is 0 Å². The number of aliphatic hydroxyl groups is 1. The lowest BCUT2D eigenvalue weighted by atomic mass is 9.77. The van der Waals surface area contributed by atoms with Gasteiger partial charge in [0.2, 0.25) is 0 Å². The Morgan fingerprint density at radius 2 is 2.12 bits per heavy atom. The van der Waals surface area contributed by atoms with Crippen molar-refractivity contribution in [2.45, 2.75) is 31.8 Å². The molecule has 1 aliphatic rings. The van der Waals surface area contributed by atoms with Gasteiger partial charge in [-0.05, 0) is 30.5 Å². The third-order valence-electron chi connectivity index (χ3n) is 4.00. The highest BCUT2D eigenvalue weighted by molar-refractivity contribution is 5.31. The van der Waals surface area contributed by atoms with E-state index in [4.69, 9.17) is 10.5 Å². The van der Waals surface area contributed by atoms with Crippen LogP contribution in [0.25, 0.3) is 0 Å². The molecular weight excluding hydrogens is 214 g/mol. The Morgan fingerprint density at radius 1 is 1.41 bits per heavy atom. The monoisotopic (exact) mass is 235 g/mol. The van der Waals surface area contributed by atoms with E-state index in [9.17, 15) is 5.11 Å². The molecule has 0 amide bonds. The van der Waals surface area contributed by atoms with Crippen molar-refractivity contribution in [3.8, 4) is 5.75 Å². The average molecular weight is 235 g/mol. The maximum atomic E-state index is 10.6. The number of hydrogen-bond donors (Lipinski definition) is 2. The first-order chi connectivity index (χ1) is 8.22. The molecule has 0 heterocycles. The zero-order valence-corrected chi connectivity index (χ0v) is 10.4. The van der Waals surface area contributed by atoms with Crippen LogP contribution in [0.15, 0.2) is 24.3 Å². The van der Waals surface area contributed by atoms with Gasteiger partial charge in [0.05, 0.1) is 13.2 Å². The van der Waals surface area contributed by atoms with Gasteiger partial charge in [0, 0.05) is 12.0 Å². The normalized spacial score (nSPS) is 20.2. The Hall–Kier alpha value is -1.06. The zero-order valence-electron chi connectivity index (χ0n) is 10.4. The summed E-state index contributed by atoms with van der Waals surface area (Å²) in [6.45, 7) is 0.547. The van der Waals surface area contributed by atoms with E-state index in [-0.39, 0.29) is 5.41 Å². The largest absolute Gasteiger partial charge is 0.497 e. The lowest BCUT2D eigenvalue weighted by Gasteiger charge is -2.33. The Kier molecular flexibility index (Phi) is 3.69. The molecule has 17 heavy (non-hydrogen) atoms. The molecule has 1 fully saturated rings. The lowest BCUT2D eigenvalue weighted by molar-refractivity contribution is 0.0332. The molecule has 3 N–H and O–H groups in total. The fraction of sp³-hybridized carbons (Fsp3) is 0.571. The summed E-state index contributed by atoms with van der Waals surface area (Å²) in [5.41, 5.74) is 6.67. The van der Waals surface area contributed by atoms with Crippen molar-refractivity contribution < 1.29 is 9.84 Å². The molecular formula is C14H21NO2. The van der Waals surface area contributed by atoms with Gasteiger partial charge in [-0.2, -0.15) is 0 Å². The molecule has 1 atom stereocenters. The van der Waals surface area contributed by atoms with Gasteiger partial charge in [-0.1, -0.05) is 25.0 Å². The molecule has 0 saturated heterocycles. The molecule has 0 bridgehead atoms. The highest BCUT2D eigenvalue weighted by Gasteiger charge is 2.40. The van der Waals surface area contributed by atoms with Crippen LogP contribution in [-0.4, -0.2) is 18.8 Å². The number of rotatable bonds is 4. The molecule has 0 spiro atoms. The van der Waals surface area contributed by atoms with E-state index >= 15 is 0 Å². The van der Waals surface area contributed by atoms with Crippen molar-refractivity contribution in [1.29, 1.82) is 0 Å². The van der Waals surface area contributed by atoms with Gasteiger partial charge in [0.1, 0.15) is 5.75 Å². The van der Waals surface area contributed by atoms with Gasteiger partial charge in [-0.15, -0.1) is 0 Å². The van der Waals surface area contributed by atoms with Gasteiger partial charge >= 0.3 is 0 Å². The summed E-state index contributed by atoms with van der Waals surface area (Å²) in [5.74, 6) is 0.784.